The summed E-state index contributed by atoms with van der Waals surface area (Å²) in [6.45, 7) is 6.50. The summed E-state index contributed by atoms with van der Waals surface area (Å²) in [6.07, 6.45) is 4.10. The van der Waals surface area contributed by atoms with Crippen LogP contribution in [0.4, 0.5) is 9.18 Å². The van der Waals surface area contributed by atoms with Gasteiger partial charge in [-0.1, -0.05) is 24.3 Å². The van der Waals surface area contributed by atoms with Gasteiger partial charge in [0.2, 0.25) is 5.16 Å². The number of fused-ring (bicyclic) bond motifs is 3. The van der Waals surface area contributed by atoms with E-state index < -0.39 is 22.2 Å². The molecule has 1 aliphatic carbocycles. The number of likely N-dealkylation sites (tertiary alicyclic amines) is 1. The number of amides is 1. The summed E-state index contributed by atoms with van der Waals surface area (Å²) in [5.74, 6) is -0.536. The van der Waals surface area contributed by atoms with Crippen LogP contribution in [0, 0.1) is 11.7 Å². The SMILES string of the molecule is CS(=O)c1nc(C23CCN(C(=O)OC(C)(C)C)CC2C3)c2cnc(-c3cc(O)cc4ccccc34)c(F)c2n1. The molecule has 2 aromatic carbocycles. The molecule has 1 saturated carbocycles. The van der Waals surface area contributed by atoms with Crippen molar-refractivity contribution in [2.45, 2.75) is 49.8 Å². The van der Waals surface area contributed by atoms with Gasteiger partial charge in [-0.05, 0) is 62.4 Å². The van der Waals surface area contributed by atoms with E-state index in [1.807, 2.05) is 45.0 Å². The van der Waals surface area contributed by atoms with Crippen molar-refractivity contribution >= 4 is 38.6 Å². The summed E-state index contributed by atoms with van der Waals surface area (Å²) >= 11 is 0. The van der Waals surface area contributed by atoms with Crippen LogP contribution in [0.2, 0.25) is 0 Å². The molecule has 10 heteroatoms. The number of phenols is 1. The van der Waals surface area contributed by atoms with E-state index in [1.165, 1.54) is 12.3 Å². The van der Waals surface area contributed by atoms with Gasteiger partial charge in [0, 0.05) is 41.9 Å². The number of aromatic hydroxyl groups is 1. The Morgan fingerprint density at radius 3 is 2.69 bits per heavy atom. The van der Waals surface area contributed by atoms with E-state index in [0.717, 1.165) is 17.2 Å². The Bertz CT molecular complexity index is 1690. The van der Waals surface area contributed by atoms with Gasteiger partial charge in [-0.25, -0.2) is 19.2 Å². The second-order valence-corrected chi connectivity index (χ2v) is 12.7. The van der Waals surface area contributed by atoms with Crippen molar-refractivity contribution < 1.29 is 23.2 Å². The molecule has 1 N–H and O–H groups in total. The lowest BCUT2D eigenvalue weighted by molar-refractivity contribution is 0.0198. The number of rotatable bonds is 3. The number of carbonyl (C=O) groups excluding carboxylic acids is 1. The molecule has 202 valence electrons. The number of hydrogen-bond donors (Lipinski definition) is 1. The minimum Gasteiger partial charge on any atom is -0.508 e. The van der Waals surface area contributed by atoms with Crippen molar-refractivity contribution in [3.8, 4) is 17.0 Å². The van der Waals surface area contributed by atoms with Crippen LogP contribution < -0.4 is 0 Å². The Kier molecular flexibility index (Phi) is 5.87. The maximum absolute atomic E-state index is 16.3. The summed E-state index contributed by atoms with van der Waals surface area (Å²) in [6, 6.07) is 10.5. The quantitative estimate of drug-likeness (QED) is 0.345. The first-order valence-corrected chi connectivity index (χ1v) is 14.4. The molecule has 0 spiro atoms. The summed E-state index contributed by atoms with van der Waals surface area (Å²) in [4.78, 5) is 27.9. The Morgan fingerprint density at radius 2 is 1.97 bits per heavy atom. The fraction of sp³-hybridized carbons (Fsp3) is 0.379. The third-order valence-corrected chi connectivity index (χ3v) is 8.34. The van der Waals surface area contributed by atoms with Crippen LogP contribution in [0.3, 0.4) is 0 Å². The lowest BCUT2D eigenvalue weighted by atomic mass is 9.89. The normalized spacial score (nSPS) is 21.6. The Labute approximate surface area is 227 Å². The van der Waals surface area contributed by atoms with Gasteiger partial charge < -0.3 is 14.7 Å². The molecule has 6 rings (SSSR count). The first-order valence-electron chi connectivity index (χ1n) is 12.9. The lowest BCUT2D eigenvalue weighted by Crippen LogP contribution is -2.43. The van der Waals surface area contributed by atoms with Crippen LogP contribution >= 0.6 is 0 Å². The first-order chi connectivity index (χ1) is 18.5. The van der Waals surface area contributed by atoms with Gasteiger partial charge in [-0.15, -0.1) is 0 Å². The van der Waals surface area contributed by atoms with E-state index in [-0.39, 0.29) is 39.5 Å². The van der Waals surface area contributed by atoms with Crippen molar-refractivity contribution in [2.75, 3.05) is 19.3 Å². The Balaban J connectivity index is 1.44. The number of hydrogen-bond acceptors (Lipinski definition) is 7. The molecule has 1 aliphatic heterocycles. The van der Waals surface area contributed by atoms with Crippen molar-refractivity contribution in [1.82, 2.24) is 19.9 Å². The summed E-state index contributed by atoms with van der Waals surface area (Å²) in [7, 11) is -1.54. The van der Waals surface area contributed by atoms with E-state index in [0.29, 0.717) is 36.2 Å². The molecule has 1 amide bonds. The number of halogens is 1. The molecule has 3 heterocycles. The van der Waals surface area contributed by atoms with Crippen LogP contribution in [0.25, 0.3) is 32.9 Å². The standard InChI is InChI=1S/C29H29FN4O4S/c1-28(2,3)38-27(36)34-10-9-29(13-17(29)15-34)25-21-14-31-23(22(30)24(21)32-26(33-25)39(4)37)20-12-18(35)11-16-7-5-6-8-19(16)20/h5-8,11-12,14,17,35H,9-10,13,15H2,1-4H3. The van der Waals surface area contributed by atoms with E-state index in [9.17, 15) is 14.1 Å². The first kappa shape index (κ1) is 25.6. The summed E-state index contributed by atoms with van der Waals surface area (Å²) in [5, 5.41) is 12.3. The third kappa shape index (κ3) is 4.40. The van der Waals surface area contributed by atoms with Crippen LogP contribution in [-0.2, 0) is 21.0 Å². The second-order valence-electron chi connectivity index (χ2n) is 11.4. The lowest BCUT2D eigenvalue weighted by Gasteiger charge is -2.33. The molecular weight excluding hydrogens is 519 g/mol. The van der Waals surface area contributed by atoms with Crippen LogP contribution in [0.5, 0.6) is 5.75 Å². The highest BCUT2D eigenvalue weighted by Gasteiger charge is 2.60. The number of nitrogens with zero attached hydrogens (tertiary/aromatic N) is 4. The number of carbonyl (C=O) groups is 1. The van der Waals surface area contributed by atoms with Gasteiger partial charge in [0.15, 0.2) is 5.82 Å². The molecule has 39 heavy (non-hydrogen) atoms. The number of benzene rings is 2. The van der Waals surface area contributed by atoms with Crippen molar-refractivity contribution in [3.05, 3.63) is 54.1 Å². The van der Waals surface area contributed by atoms with Crippen LogP contribution in [0.15, 0.2) is 47.8 Å². The fourth-order valence-electron chi connectivity index (χ4n) is 5.74. The molecule has 3 atom stereocenters. The minimum absolute atomic E-state index is 0.000169. The van der Waals surface area contributed by atoms with Crippen molar-refractivity contribution in [2.24, 2.45) is 5.92 Å². The summed E-state index contributed by atoms with van der Waals surface area (Å²) in [5.41, 5.74) is 0.220. The van der Waals surface area contributed by atoms with Crippen LogP contribution in [0.1, 0.15) is 39.3 Å². The van der Waals surface area contributed by atoms with E-state index in [4.69, 9.17) is 4.74 Å². The van der Waals surface area contributed by atoms with E-state index >= 15 is 4.39 Å². The molecule has 0 radical (unpaired) electrons. The fourth-order valence-corrected chi connectivity index (χ4v) is 6.18. The predicted molar refractivity (Wildman–Crippen MR) is 146 cm³/mol. The van der Waals surface area contributed by atoms with E-state index in [1.54, 1.807) is 17.2 Å². The Morgan fingerprint density at radius 1 is 1.21 bits per heavy atom. The third-order valence-electron chi connectivity index (χ3n) is 7.65. The Hall–Kier alpha value is -3.66. The van der Waals surface area contributed by atoms with Gasteiger partial charge in [0.25, 0.3) is 0 Å². The molecular formula is C29H29FN4O4S. The van der Waals surface area contributed by atoms with Crippen molar-refractivity contribution in [1.29, 1.82) is 0 Å². The molecule has 2 fully saturated rings. The predicted octanol–water partition coefficient (Wildman–Crippen LogP) is 5.33. The average Bonchev–Trinajstić information content (AvgIpc) is 3.62. The maximum atomic E-state index is 16.3. The largest absolute Gasteiger partial charge is 0.508 e. The van der Waals surface area contributed by atoms with Gasteiger partial charge in [-0.2, -0.15) is 0 Å². The average molecular weight is 549 g/mol. The topological polar surface area (TPSA) is 106 Å². The number of pyridine rings is 1. The zero-order chi connectivity index (χ0) is 27.7. The second kappa shape index (κ2) is 8.94. The maximum Gasteiger partial charge on any atom is 0.410 e. The zero-order valence-electron chi connectivity index (χ0n) is 22.2. The smallest absolute Gasteiger partial charge is 0.410 e. The highest BCUT2D eigenvalue weighted by molar-refractivity contribution is 7.84. The van der Waals surface area contributed by atoms with Gasteiger partial charge in [0.05, 0.1) is 16.5 Å². The molecule has 4 aromatic rings. The number of ether oxygens (including phenoxy) is 1. The molecule has 3 unspecified atom stereocenters. The van der Waals surface area contributed by atoms with Crippen molar-refractivity contribution in [3.63, 3.8) is 0 Å². The highest BCUT2D eigenvalue weighted by Crippen LogP contribution is 2.60. The molecule has 8 nitrogen and oxygen atoms in total. The number of aromatic nitrogens is 3. The van der Waals surface area contributed by atoms with Gasteiger partial charge >= 0.3 is 6.09 Å². The highest BCUT2D eigenvalue weighted by atomic mass is 32.2. The van der Waals surface area contributed by atoms with Crippen LogP contribution in [-0.4, -0.2) is 60.2 Å². The molecule has 1 saturated heterocycles. The zero-order valence-corrected chi connectivity index (χ0v) is 23.0. The molecule has 2 aromatic heterocycles. The minimum atomic E-state index is -1.54. The number of piperidine rings is 1. The van der Waals surface area contributed by atoms with Gasteiger partial charge in [-0.3, -0.25) is 9.19 Å². The molecule has 0 bridgehead atoms. The number of phenolic OH excluding ortho intramolecular Hbond substituents is 1. The molecule has 2 aliphatic rings. The summed E-state index contributed by atoms with van der Waals surface area (Å²) < 4.78 is 34.4. The van der Waals surface area contributed by atoms with E-state index in [2.05, 4.69) is 15.0 Å². The monoisotopic (exact) mass is 548 g/mol. The van der Waals surface area contributed by atoms with Gasteiger partial charge in [0.1, 0.15) is 22.6 Å².